The highest BCUT2D eigenvalue weighted by Gasteiger charge is 2.09. The fourth-order valence-corrected chi connectivity index (χ4v) is 2.00. The molecule has 2 rings (SSSR count). The lowest BCUT2D eigenvalue weighted by molar-refractivity contribution is -0.139. The second kappa shape index (κ2) is 7.09. The molecule has 21 heavy (non-hydrogen) atoms. The molecule has 110 valence electrons. The summed E-state index contributed by atoms with van der Waals surface area (Å²) in [7, 11) is 1.35. The monoisotopic (exact) mass is 308 g/mol. The third-order valence-corrected chi connectivity index (χ3v) is 3.26. The minimum Gasteiger partial charge on any atom is -0.489 e. The van der Waals surface area contributed by atoms with E-state index in [9.17, 15) is 9.18 Å². The molecule has 0 N–H and O–H groups in total. The van der Waals surface area contributed by atoms with E-state index in [2.05, 4.69) is 4.74 Å². The molecule has 0 saturated carbocycles. The fourth-order valence-electron chi connectivity index (χ4n) is 1.83. The normalized spacial score (nSPS) is 10.2. The SMILES string of the molecule is COC(=O)Cc1ccccc1COc1ccc(F)c(Cl)c1. The zero-order valence-corrected chi connectivity index (χ0v) is 12.2. The molecule has 0 spiro atoms. The van der Waals surface area contributed by atoms with Crippen molar-refractivity contribution >= 4 is 17.6 Å². The lowest BCUT2D eigenvalue weighted by atomic mass is 10.1. The largest absolute Gasteiger partial charge is 0.489 e. The van der Waals surface area contributed by atoms with Crippen molar-refractivity contribution in [3.05, 3.63) is 64.4 Å². The van der Waals surface area contributed by atoms with Crippen LogP contribution in [0.3, 0.4) is 0 Å². The smallest absolute Gasteiger partial charge is 0.309 e. The molecule has 0 aliphatic heterocycles. The van der Waals surface area contributed by atoms with Crippen molar-refractivity contribution < 1.29 is 18.7 Å². The lowest BCUT2D eigenvalue weighted by Crippen LogP contribution is -2.08. The van der Waals surface area contributed by atoms with Crippen LogP contribution in [0.4, 0.5) is 4.39 Å². The molecule has 2 aromatic rings. The number of carbonyl (C=O) groups excluding carboxylic acids is 1. The Morgan fingerprint density at radius 1 is 1.19 bits per heavy atom. The summed E-state index contributed by atoms with van der Waals surface area (Å²) in [6.07, 6.45) is 0.181. The van der Waals surface area contributed by atoms with E-state index in [0.717, 1.165) is 11.1 Å². The van der Waals surface area contributed by atoms with Gasteiger partial charge < -0.3 is 9.47 Å². The summed E-state index contributed by atoms with van der Waals surface area (Å²) in [5.74, 6) is -0.336. The number of hydrogen-bond acceptors (Lipinski definition) is 3. The van der Waals surface area contributed by atoms with Crippen molar-refractivity contribution in [3.63, 3.8) is 0 Å². The molecule has 3 nitrogen and oxygen atoms in total. The van der Waals surface area contributed by atoms with Crippen LogP contribution in [0, 0.1) is 5.82 Å². The first-order chi connectivity index (χ1) is 10.1. The fraction of sp³-hybridized carbons (Fsp3) is 0.188. The van der Waals surface area contributed by atoms with Crippen molar-refractivity contribution in [1.29, 1.82) is 0 Å². The molecule has 5 heteroatoms. The maximum absolute atomic E-state index is 13.1. The van der Waals surface area contributed by atoms with Crippen molar-refractivity contribution in [3.8, 4) is 5.75 Å². The quantitative estimate of drug-likeness (QED) is 0.789. The first-order valence-electron chi connectivity index (χ1n) is 6.31. The third-order valence-electron chi connectivity index (χ3n) is 2.97. The lowest BCUT2D eigenvalue weighted by Gasteiger charge is -2.11. The van der Waals surface area contributed by atoms with Crippen LogP contribution in [-0.4, -0.2) is 13.1 Å². The van der Waals surface area contributed by atoms with Crippen molar-refractivity contribution in [2.45, 2.75) is 13.0 Å². The molecule has 0 heterocycles. The Morgan fingerprint density at radius 2 is 1.90 bits per heavy atom. The highest BCUT2D eigenvalue weighted by Crippen LogP contribution is 2.22. The molecule has 0 bridgehead atoms. The van der Waals surface area contributed by atoms with Gasteiger partial charge in [-0.2, -0.15) is 0 Å². The summed E-state index contributed by atoms with van der Waals surface area (Å²) in [6, 6.07) is 11.6. The standard InChI is InChI=1S/C16H14ClFO3/c1-20-16(19)8-11-4-2-3-5-12(11)10-21-13-6-7-15(18)14(17)9-13/h2-7,9H,8,10H2,1H3. The summed E-state index contributed by atoms with van der Waals surface area (Å²) in [5, 5.41) is 0.00958. The van der Waals surface area contributed by atoms with Crippen molar-refractivity contribution in [1.82, 2.24) is 0 Å². The number of rotatable bonds is 5. The Kier molecular flexibility index (Phi) is 5.17. The Hall–Kier alpha value is -2.07. The van der Waals surface area contributed by atoms with Gasteiger partial charge >= 0.3 is 5.97 Å². The van der Waals surface area contributed by atoms with E-state index in [0.29, 0.717) is 5.75 Å². The van der Waals surface area contributed by atoms with E-state index in [4.69, 9.17) is 16.3 Å². The predicted octanol–water partition coefficient (Wildman–Crippen LogP) is 3.77. The summed E-state index contributed by atoms with van der Waals surface area (Å²) in [5.41, 5.74) is 1.70. The highest BCUT2D eigenvalue weighted by molar-refractivity contribution is 6.30. The Morgan fingerprint density at radius 3 is 2.57 bits per heavy atom. The van der Waals surface area contributed by atoms with Gasteiger partial charge in [-0.1, -0.05) is 35.9 Å². The maximum Gasteiger partial charge on any atom is 0.309 e. The molecule has 0 amide bonds. The van der Waals surface area contributed by atoms with Crippen LogP contribution in [0.1, 0.15) is 11.1 Å². The number of ether oxygens (including phenoxy) is 2. The Labute approximate surface area is 127 Å². The first kappa shape index (κ1) is 15.3. The molecule has 0 aliphatic rings. The molecular weight excluding hydrogens is 295 g/mol. The number of esters is 1. The predicted molar refractivity (Wildman–Crippen MR) is 77.9 cm³/mol. The van der Waals surface area contributed by atoms with Gasteiger partial charge in [-0.25, -0.2) is 4.39 Å². The molecule has 0 saturated heterocycles. The number of carbonyl (C=O) groups is 1. The van der Waals surface area contributed by atoms with Gasteiger partial charge in [0.1, 0.15) is 18.2 Å². The van der Waals surface area contributed by atoms with Gasteiger partial charge in [0.15, 0.2) is 0 Å². The van der Waals surface area contributed by atoms with Gasteiger partial charge in [0.2, 0.25) is 0 Å². The van der Waals surface area contributed by atoms with E-state index in [1.807, 2.05) is 24.3 Å². The molecule has 0 unspecified atom stereocenters. The number of methoxy groups -OCH3 is 1. The summed E-state index contributed by atoms with van der Waals surface area (Å²) in [6.45, 7) is 0.259. The van der Waals surface area contributed by atoms with Crippen LogP contribution < -0.4 is 4.74 Å². The van der Waals surface area contributed by atoms with E-state index in [-0.39, 0.29) is 24.0 Å². The molecule has 0 aromatic heterocycles. The van der Waals surface area contributed by atoms with Gasteiger partial charge in [-0.15, -0.1) is 0 Å². The average Bonchev–Trinajstić information content (AvgIpc) is 2.49. The second-order valence-electron chi connectivity index (χ2n) is 4.39. The zero-order chi connectivity index (χ0) is 15.2. The molecule has 2 aromatic carbocycles. The van der Waals surface area contributed by atoms with Crippen molar-refractivity contribution in [2.24, 2.45) is 0 Å². The van der Waals surface area contributed by atoms with E-state index in [1.165, 1.54) is 25.3 Å². The Bertz CT molecular complexity index is 643. The summed E-state index contributed by atoms with van der Waals surface area (Å²) in [4.78, 5) is 11.4. The highest BCUT2D eigenvalue weighted by atomic mass is 35.5. The van der Waals surface area contributed by atoms with Gasteiger partial charge in [-0.05, 0) is 23.3 Å². The molecule has 0 radical (unpaired) electrons. The van der Waals surface area contributed by atoms with Crippen LogP contribution in [0.5, 0.6) is 5.75 Å². The van der Waals surface area contributed by atoms with E-state index >= 15 is 0 Å². The molecule has 0 fully saturated rings. The topological polar surface area (TPSA) is 35.5 Å². The molecule has 0 aliphatic carbocycles. The number of benzene rings is 2. The average molecular weight is 309 g/mol. The maximum atomic E-state index is 13.1. The van der Waals surface area contributed by atoms with Crippen molar-refractivity contribution in [2.75, 3.05) is 7.11 Å². The minimum atomic E-state index is -0.491. The van der Waals surface area contributed by atoms with Crippen LogP contribution in [0.2, 0.25) is 5.02 Å². The number of halogens is 2. The van der Waals surface area contributed by atoms with Crippen LogP contribution in [0.15, 0.2) is 42.5 Å². The first-order valence-corrected chi connectivity index (χ1v) is 6.69. The van der Waals surface area contributed by atoms with Gasteiger partial charge in [0, 0.05) is 6.07 Å². The summed E-state index contributed by atoms with van der Waals surface area (Å²) < 4.78 is 23.3. The minimum absolute atomic E-state index is 0.00958. The molecule has 0 atom stereocenters. The van der Waals surface area contributed by atoms with E-state index < -0.39 is 5.82 Å². The second-order valence-corrected chi connectivity index (χ2v) is 4.79. The van der Waals surface area contributed by atoms with Crippen LogP contribution in [0.25, 0.3) is 0 Å². The van der Waals surface area contributed by atoms with Crippen LogP contribution >= 0.6 is 11.6 Å². The Balaban J connectivity index is 2.09. The molecular formula is C16H14ClFO3. The van der Waals surface area contributed by atoms with E-state index in [1.54, 1.807) is 0 Å². The summed E-state index contributed by atoms with van der Waals surface area (Å²) >= 11 is 5.70. The van der Waals surface area contributed by atoms with Crippen LogP contribution in [-0.2, 0) is 22.6 Å². The van der Waals surface area contributed by atoms with Gasteiger partial charge in [0.05, 0.1) is 18.6 Å². The number of hydrogen-bond donors (Lipinski definition) is 0. The van der Waals surface area contributed by atoms with Gasteiger partial charge in [0.25, 0.3) is 0 Å². The third kappa shape index (κ3) is 4.20. The zero-order valence-electron chi connectivity index (χ0n) is 11.4. The van der Waals surface area contributed by atoms with Gasteiger partial charge in [-0.3, -0.25) is 4.79 Å².